The number of guanidine groups is 1. The topological polar surface area (TPSA) is 75.0 Å². The molecule has 1 atom stereocenters. The van der Waals surface area contributed by atoms with E-state index in [1.165, 1.54) is 5.56 Å². The maximum Gasteiger partial charge on any atom is 0.246 e. The monoisotopic (exact) mass is 524 g/mol. The van der Waals surface area contributed by atoms with Gasteiger partial charge >= 0.3 is 0 Å². The summed E-state index contributed by atoms with van der Waals surface area (Å²) >= 11 is 0. The van der Waals surface area contributed by atoms with Gasteiger partial charge in [0.2, 0.25) is 5.91 Å². The first-order chi connectivity index (χ1) is 14.2. The average molecular weight is 524 g/mol. The molecule has 9 heteroatoms. The molecular formula is C21H29IN6O2. The Labute approximate surface area is 194 Å². The lowest BCUT2D eigenvalue weighted by atomic mass is 9.93. The number of hydrogen-bond donors (Lipinski definition) is 1. The summed E-state index contributed by atoms with van der Waals surface area (Å²) in [6.45, 7) is 5.87. The van der Waals surface area contributed by atoms with Crippen LogP contribution in [0.15, 0.2) is 41.7 Å². The second kappa shape index (κ2) is 10.1. The van der Waals surface area contributed by atoms with Crippen LogP contribution in [0.5, 0.6) is 5.75 Å². The van der Waals surface area contributed by atoms with Gasteiger partial charge in [0.15, 0.2) is 5.96 Å². The molecule has 1 amide bonds. The number of carbonyl (C=O) groups excluding carboxylic acids is 1. The largest absolute Gasteiger partial charge is 0.493 e. The van der Waals surface area contributed by atoms with Crippen LogP contribution in [0.1, 0.15) is 24.8 Å². The molecule has 1 unspecified atom stereocenters. The number of aliphatic imine (C=N–C) groups is 1. The van der Waals surface area contributed by atoms with E-state index in [2.05, 4.69) is 16.5 Å². The third kappa shape index (κ3) is 4.88. The zero-order chi connectivity index (χ0) is 20.2. The van der Waals surface area contributed by atoms with Crippen molar-refractivity contribution in [2.75, 3.05) is 44.2 Å². The lowest BCUT2D eigenvalue weighted by Gasteiger charge is -2.35. The minimum Gasteiger partial charge on any atom is -0.493 e. The molecule has 0 aliphatic carbocycles. The number of fused-ring (bicyclic) bond motifs is 1. The Kier molecular flexibility index (Phi) is 7.57. The van der Waals surface area contributed by atoms with Gasteiger partial charge in [0, 0.05) is 45.3 Å². The Morgan fingerprint density at radius 2 is 2.17 bits per heavy atom. The van der Waals surface area contributed by atoms with Crippen LogP contribution in [0.4, 0.5) is 5.69 Å². The van der Waals surface area contributed by atoms with E-state index in [4.69, 9.17) is 9.73 Å². The van der Waals surface area contributed by atoms with Crippen LogP contribution >= 0.6 is 24.0 Å². The van der Waals surface area contributed by atoms with Crippen molar-refractivity contribution in [1.29, 1.82) is 0 Å². The molecule has 2 aliphatic rings. The Morgan fingerprint density at radius 1 is 1.33 bits per heavy atom. The fraction of sp³-hybridized carbons (Fsp3) is 0.476. The minimum absolute atomic E-state index is 0. The van der Waals surface area contributed by atoms with E-state index in [9.17, 15) is 4.79 Å². The number of para-hydroxylation sites is 1. The first kappa shape index (κ1) is 22.4. The lowest BCUT2D eigenvalue weighted by molar-refractivity contribution is -0.120. The summed E-state index contributed by atoms with van der Waals surface area (Å²) in [6, 6.07) is 8.19. The van der Waals surface area contributed by atoms with E-state index in [-0.39, 0.29) is 29.9 Å². The Balaban J connectivity index is 0.00000256. The number of benzene rings is 1. The van der Waals surface area contributed by atoms with Gasteiger partial charge in [0.25, 0.3) is 0 Å². The molecule has 4 rings (SSSR count). The molecule has 8 nitrogen and oxygen atoms in total. The van der Waals surface area contributed by atoms with E-state index in [1.807, 2.05) is 43.3 Å². The molecule has 0 bridgehead atoms. The molecule has 0 spiro atoms. The highest BCUT2D eigenvalue weighted by Gasteiger charge is 2.28. The van der Waals surface area contributed by atoms with Gasteiger partial charge in [-0.15, -0.1) is 24.0 Å². The SMILES string of the molecule is CCNC(=NCC1CCOc2ccccc21)N1CCN(c2cnn(C)c2)C(=O)C1.I. The highest BCUT2D eigenvalue weighted by molar-refractivity contribution is 14.0. The van der Waals surface area contributed by atoms with E-state index < -0.39 is 0 Å². The van der Waals surface area contributed by atoms with Gasteiger partial charge in [0.05, 0.1) is 18.5 Å². The molecule has 30 heavy (non-hydrogen) atoms. The number of nitrogens with one attached hydrogen (secondary N) is 1. The molecule has 1 saturated heterocycles. The normalized spacial score (nSPS) is 19.1. The van der Waals surface area contributed by atoms with Gasteiger partial charge in [-0.1, -0.05) is 18.2 Å². The van der Waals surface area contributed by atoms with Crippen molar-refractivity contribution < 1.29 is 9.53 Å². The van der Waals surface area contributed by atoms with Crippen molar-refractivity contribution in [2.45, 2.75) is 19.3 Å². The standard InChI is InChI=1S/C21H28N6O2.HI/c1-3-22-21(23-12-16-8-11-29-19-7-5-4-6-18(16)19)26-9-10-27(20(28)15-26)17-13-24-25(2)14-17;/h4-7,13-14,16H,3,8-12,15H2,1-2H3,(H,22,23);1H. The lowest BCUT2D eigenvalue weighted by Crippen LogP contribution is -2.55. The van der Waals surface area contributed by atoms with Gasteiger partial charge < -0.3 is 19.9 Å². The summed E-state index contributed by atoms with van der Waals surface area (Å²) < 4.78 is 7.48. The summed E-state index contributed by atoms with van der Waals surface area (Å²) in [5, 5.41) is 7.52. The van der Waals surface area contributed by atoms with Crippen LogP contribution in [-0.4, -0.2) is 65.9 Å². The van der Waals surface area contributed by atoms with Crippen LogP contribution in [0.3, 0.4) is 0 Å². The Bertz CT molecular complexity index is 899. The zero-order valence-corrected chi connectivity index (χ0v) is 19.8. The molecule has 1 aromatic carbocycles. The van der Waals surface area contributed by atoms with Crippen LogP contribution in [0, 0.1) is 0 Å². The Hall–Kier alpha value is -2.30. The first-order valence-electron chi connectivity index (χ1n) is 10.2. The maximum absolute atomic E-state index is 12.7. The average Bonchev–Trinajstić information content (AvgIpc) is 3.17. The van der Waals surface area contributed by atoms with E-state index in [0.29, 0.717) is 25.6 Å². The summed E-state index contributed by atoms with van der Waals surface area (Å²) in [5.41, 5.74) is 2.06. The fourth-order valence-corrected chi connectivity index (χ4v) is 3.90. The molecule has 1 fully saturated rings. The number of piperazine rings is 1. The van der Waals surface area contributed by atoms with Gasteiger partial charge in [-0.2, -0.15) is 5.10 Å². The number of halogens is 1. The van der Waals surface area contributed by atoms with Gasteiger partial charge in [-0.3, -0.25) is 14.5 Å². The summed E-state index contributed by atoms with van der Waals surface area (Å²) in [7, 11) is 1.86. The van der Waals surface area contributed by atoms with Gasteiger partial charge in [0.1, 0.15) is 12.3 Å². The number of aryl methyl sites for hydroxylation is 1. The number of anilines is 1. The van der Waals surface area contributed by atoms with Crippen molar-refractivity contribution in [3.63, 3.8) is 0 Å². The third-order valence-electron chi connectivity index (χ3n) is 5.40. The third-order valence-corrected chi connectivity index (χ3v) is 5.40. The van der Waals surface area contributed by atoms with E-state index >= 15 is 0 Å². The summed E-state index contributed by atoms with van der Waals surface area (Å²) in [4.78, 5) is 21.5. The van der Waals surface area contributed by atoms with Crippen LogP contribution in [0.25, 0.3) is 0 Å². The summed E-state index contributed by atoms with van der Waals surface area (Å²) in [5.74, 6) is 2.16. The number of aromatic nitrogens is 2. The smallest absolute Gasteiger partial charge is 0.246 e. The molecular weight excluding hydrogens is 495 g/mol. The van der Waals surface area contributed by atoms with Crippen molar-refractivity contribution in [1.82, 2.24) is 20.0 Å². The summed E-state index contributed by atoms with van der Waals surface area (Å²) in [6.07, 6.45) is 4.55. The van der Waals surface area contributed by atoms with Gasteiger partial charge in [-0.25, -0.2) is 0 Å². The van der Waals surface area contributed by atoms with Crippen molar-refractivity contribution >= 4 is 41.5 Å². The number of ether oxygens (including phenoxy) is 1. The molecule has 2 aliphatic heterocycles. The Morgan fingerprint density at radius 3 is 2.90 bits per heavy atom. The number of carbonyl (C=O) groups is 1. The zero-order valence-electron chi connectivity index (χ0n) is 17.5. The molecule has 2 aromatic rings. The van der Waals surface area contributed by atoms with E-state index in [0.717, 1.165) is 43.5 Å². The second-order valence-corrected chi connectivity index (χ2v) is 7.41. The van der Waals surface area contributed by atoms with E-state index in [1.54, 1.807) is 15.8 Å². The van der Waals surface area contributed by atoms with Crippen molar-refractivity contribution in [2.24, 2.45) is 12.0 Å². The highest BCUT2D eigenvalue weighted by Crippen LogP contribution is 2.33. The van der Waals surface area contributed by atoms with Crippen molar-refractivity contribution in [3.05, 3.63) is 42.2 Å². The molecule has 1 aromatic heterocycles. The first-order valence-corrected chi connectivity index (χ1v) is 10.2. The van der Waals surface area contributed by atoms with Gasteiger partial charge in [-0.05, 0) is 25.0 Å². The van der Waals surface area contributed by atoms with Crippen LogP contribution in [-0.2, 0) is 11.8 Å². The molecule has 0 radical (unpaired) electrons. The maximum atomic E-state index is 12.7. The number of rotatable bonds is 4. The fourth-order valence-electron chi connectivity index (χ4n) is 3.90. The number of nitrogens with zero attached hydrogens (tertiary/aromatic N) is 5. The molecule has 3 heterocycles. The molecule has 162 valence electrons. The molecule has 0 saturated carbocycles. The van der Waals surface area contributed by atoms with Crippen LogP contribution < -0.4 is 15.0 Å². The predicted octanol–water partition coefficient (Wildman–Crippen LogP) is 2.22. The van der Waals surface area contributed by atoms with Crippen molar-refractivity contribution in [3.8, 4) is 5.75 Å². The molecule has 1 N–H and O–H groups in total. The van der Waals surface area contributed by atoms with Crippen LogP contribution in [0.2, 0.25) is 0 Å². The number of hydrogen-bond acceptors (Lipinski definition) is 4. The second-order valence-electron chi connectivity index (χ2n) is 7.41. The highest BCUT2D eigenvalue weighted by atomic mass is 127. The minimum atomic E-state index is 0. The number of amides is 1. The quantitative estimate of drug-likeness (QED) is 0.377. The predicted molar refractivity (Wildman–Crippen MR) is 128 cm³/mol.